The fraction of sp³-hybridized carbons (Fsp3) is 0.368. The maximum absolute atomic E-state index is 14.3. The molecule has 2 bridgehead atoms. The van der Waals surface area contributed by atoms with Crippen LogP contribution >= 0.6 is 0 Å². The number of anilines is 2. The van der Waals surface area contributed by atoms with E-state index in [1.807, 2.05) is 0 Å². The van der Waals surface area contributed by atoms with Gasteiger partial charge in [-0.2, -0.15) is 0 Å². The minimum absolute atomic E-state index is 0.162. The number of aryl methyl sites for hydroxylation is 1. The molecule has 0 amide bonds. The van der Waals surface area contributed by atoms with Crippen LogP contribution in [0.1, 0.15) is 64.7 Å². The Hall–Kier alpha value is -2.43. The molecule has 0 saturated heterocycles. The number of nitrogens with one attached hydrogen (secondary N) is 1. The largest absolute Gasteiger partial charge is 0.477 e. The quantitative estimate of drug-likeness (QED) is 0.856. The Morgan fingerprint density at radius 3 is 2.50 bits per heavy atom. The fourth-order valence-electron chi connectivity index (χ4n) is 4.22. The van der Waals surface area contributed by atoms with Crippen molar-refractivity contribution in [3.63, 3.8) is 0 Å². The standard InChI is InChI=1S/C19H19FN2O2/c1-10-3-2-4-13(17(10)20)22-14-9-21-18(19(23)24)16-12-7-5-11(6-8-12)15(14)16/h2-4,9,11-12,22H,5-8H2,1H3,(H,23,24). The summed E-state index contributed by atoms with van der Waals surface area (Å²) in [7, 11) is 0. The van der Waals surface area contributed by atoms with Crippen LogP contribution in [0, 0.1) is 12.7 Å². The van der Waals surface area contributed by atoms with Crippen LogP contribution in [0.3, 0.4) is 0 Å². The second-order valence-electron chi connectivity index (χ2n) is 6.76. The number of hydrogen-bond donors (Lipinski definition) is 2. The maximum Gasteiger partial charge on any atom is 0.354 e. The number of fused-ring (bicyclic) bond motifs is 2. The summed E-state index contributed by atoms with van der Waals surface area (Å²) in [5, 5.41) is 12.6. The van der Waals surface area contributed by atoms with Gasteiger partial charge in [0, 0.05) is 0 Å². The van der Waals surface area contributed by atoms with E-state index in [-0.39, 0.29) is 17.4 Å². The second-order valence-corrected chi connectivity index (χ2v) is 6.76. The maximum atomic E-state index is 14.3. The van der Waals surface area contributed by atoms with Crippen molar-refractivity contribution in [2.45, 2.75) is 44.4 Å². The van der Waals surface area contributed by atoms with E-state index < -0.39 is 5.97 Å². The third kappa shape index (κ3) is 2.27. The van der Waals surface area contributed by atoms with Gasteiger partial charge in [-0.1, -0.05) is 12.1 Å². The van der Waals surface area contributed by atoms with Crippen LogP contribution in [-0.4, -0.2) is 16.1 Å². The van der Waals surface area contributed by atoms with Gasteiger partial charge in [-0.15, -0.1) is 0 Å². The van der Waals surface area contributed by atoms with E-state index in [4.69, 9.17) is 0 Å². The van der Waals surface area contributed by atoms with Gasteiger partial charge in [0.1, 0.15) is 5.82 Å². The van der Waals surface area contributed by atoms with Gasteiger partial charge in [-0.3, -0.25) is 0 Å². The number of halogens is 1. The second kappa shape index (κ2) is 5.58. The Morgan fingerprint density at radius 1 is 1.17 bits per heavy atom. The van der Waals surface area contributed by atoms with Crippen molar-refractivity contribution in [2.24, 2.45) is 0 Å². The minimum Gasteiger partial charge on any atom is -0.477 e. The van der Waals surface area contributed by atoms with Crippen molar-refractivity contribution in [1.82, 2.24) is 4.98 Å². The number of nitrogens with zero attached hydrogens (tertiary/aromatic N) is 1. The highest BCUT2D eigenvalue weighted by Crippen LogP contribution is 2.52. The van der Waals surface area contributed by atoms with Crippen molar-refractivity contribution in [1.29, 1.82) is 0 Å². The normalized spacial score (nSPS) is 21.4. The number of carboxylic acid groups (broad SMARTS) is 1. The number of carbonyl (C=O) groups is 1. The molecule has 3 aliphatic rings. The lowest BCUT2D eigenvalue weighted by Crippen LogP contribution is -2.26. The fourth-order valence-corrected chi connectivity index (χ4v) is 4.22. The Balaban J connectivity index is 1.84. The van der Waals surface area contributed by atoms with Crippen molar-refractivity contribution in [3.05, 3.63) is 52.6 Å². The van der Waals surface area contributed by atoms with Crippen LogP contribution < -0.4 is 5.32 Å². The Kier molecular flexibility index (Phi) is 3.52. The lowest BCUT2D eigenvalue weighted by Gasteiger charge is -2.39. The van der Waals surface area contributed by atoms with Gasteiger partial charge < -0.3 is 10.4 Å². The SMILES string of the molecule is Cc1cccc(Nc2cnc(C(=O)O)c3c2C2CCC3CC2)c1F. The van der Waals surface area contributed by atoms with Gasteiger partial charge in [0.2, 0.25) is 0 Å². The summed E-state index contributed by atoms with van der Waals surface area (Å²) in [4.78, 5) is 15.7. The highest BCUT2D eigenvalue weighted by Gasteiger charge is 2.38. The molecule has 1 aromatic carbocycles. The molecular weight excluding hydrogens is 307 g/mol. The molecule has 4 nitrogen and oxygen atoms in total. The molecule has 0 radical (unpaired) electrons. The summed E-state index contributed by atoms with van der Waals surface area (Å²) in [6, 6.07) is 5.23. The molecule has 0 spiro atoms. The Bertz CT molecular complexity index is 826. The lowest BCUT2D eigenvalue weighted by atomic mass is 9.66. The molecule has 1 aromatic heterocycles. The summed E-state index contributed by atoms with van der Waals surface area (Å²) in [6.45, 7) is 1.73. The van der Waals surface area contributed by atoms with Crippen LogP contribution in [-0.2, 0) is 0 Å². The van der Waals surface area contributed by atoms with Crippen molar-refractivity contribution in [3.8, 4) is 0 Å². The first kappa shape index (κ1) is 15.1. The van der Waals surface area contributed by atoms with Crippen LogP contribution in [0.2, 0.25) is 0 Å². The average molecular weight is 326 g/mol. The van der Waals surface area contributed by atoms with Crippen LogP contribution in [0.5, 0.6) is 0 Å². The predicted octanol–water partition coefficient (Wildman–Crippen LogP) is 4.73. The Labute approximate surface area is 139 Å². The zero-order valence-electron chi connectivity index (χ0n) is 13.5. The highest BCUT2D eigenvalue weighted by atomic mass is 19.1. The van der Waals surface area contributed by atoms with E-state index >= 15 is 0 Å². The average Bonchev–Trinajstić information content (AvgIpc) is 2.59. The van der Waals surface area contributed by atoms with E-state index in [9.17, 15) is 14.3 Å². The lowest BCUT2D eigenvalue weighted by molar-refractivity contribution is 0.0687. The van der Waals surface area contributed by atoms with Gasteiger partial charge in [0.15, 0.2) is 5.69 Å². The molecule has 1 heterocycles. The first-order valence-corrected chi connectivity index (χ1v) is 8.34. The first-order valence-electron chi connectivity index (χ1n) is 8.34. The van der Waals surface area contributed by atoms with Gasteiger partial charge in [0.05, 0.1) is 17.6 Å². The number of hydrogen-bond acceptors (Lipinski definition) is 3. The van der Waals surface area contributed by atoms with Crippen LogP contribution in [0.25, 0.3) is 0 Å². The molecule has 1 saturated carbocycles. The molecular formula is C19H19FN2O2. The van der Waals surface area contributed by atoms with E-state index in [1.54, 1.807) is 31.3 Å². The molecule has 124 valence electrons. The Morgan fingerprint density at radius 2 is 1.83 bits per heavy atom. The number of benzene rings is 1. The van der Waals surface area contributed by atoms with Crippen molar-refractivity contribution < 1.29 is 14.3 Å². The summed E-state index contributed by atoms with van der Waals surface area (Å²) >= 11 is 0. The van der Waals surface area contributed by atoms with E-state index in [2.05, 4.69) is 10.3 Å². The molecule has 24 heavy (non-hydrogen) atoms. The van der Waals surface area contributed by atoms with E-state index in [1.165, 1.54) is 0 Å². The number of rotatable bonds is 3. The number of carboxylic acids is 1. The number of pyridine rings is 1. The van der Waals surface area contributed by atoms with Gasteiger partial charge in [-0.05, 0) is 67.2 Å². The monoisotopic (exact) mass is 326 g/mol. The first-order chi connectivity index (χ1) is 11.6. The van der Waals surface area contributed by atoms with Crippen LogP contribution in [0.15, 0.2) is 24.4 Å². The van der Waals surface area contributed by atoms with Crippen LogP contribution in [0.4, 0.5) is 15.8 Å². The summed E-state index contributed by atoms with van der Waals surface area (Å²) in [6.07, 6.45) is 5.70. The molecule has 2 aromatic rings. The molecule has 2 N–H and O–H groups in total. The summed E-state index contributed by atoms with van der Waals surface area (Å²) in [5.41, 5.74) is 3.78. The minimum atomic E-state index is -0.980. The molecule has 3 aliphatic carbocycles. The van der Waals surface area contributed by atoms with Crippen molar-refractivity contribution >= 4 is 17.3 Å². The summed E-state index contributed by atoms with van der Waals surface area (Å²) in [5.74, 6) is -0.671. The van der Waals surface area contributed by atoms with Gasteiger partial charge in [0.25, 0.3) is 0 Å². The molecule has 5 rings (SSSR count). The number of aromatic nitrogens is 1. The predicted molar refractivity (Wildman–Crippen MR) is 89.6 cm³/mol. The zero-order valence-corrected chi connectivity index (χ0v) is 13.5. The van der Waals surface area contributed by atoms with E-state index in [0.717, 1.165) is 42.5 Å². The summed E-state index contributed by atoms with van der Waals surface area (Å²) < 4.78 is 14.3. The molecule has 5 heteroatoms. The zero-order chi connectivity index (χ0) is 16.8. The van der Waals surface area contributed by atoms with Gasteiger partial charge >= 0.3 is 5.97 Å². The molecule has 0 unspecified atom stereocenters. The van der Waals surface area contributed by atoms with Gasteiger partial charge in [-0.25, -0.2) is 14.2 Å². The van der Waals surface area contributed by atoms with E-state index in [0.29, 0.717) is 17.2 Å². The highest BCUT2D eigenvalue weighted by molar-refractivity contribution is 5.89. The number of aromatic carboxylic acids is 1. The smallest absolute Gasteiger partial charge is 0.354 e. The third-order valence-electron chi connectivity index (χ3n) is 5.37. The molecule has 0 atom stereocenters. The third-order valence-corrected chi connectivity index (χ3v) is 5.37. The topological polar surface area (TPSA) is 62.2 Å². The molecule has 1 fully saturated rings. The molecule has 0 aliphatic heterocycles. The van der Waals surface area contributed by atoms with Crippen molar-refractivity contribution in [2.75, 3.05) is 5.32 Å².